The van der Waals surface area contributed by atoms with Crippen molar-refractivity contribution in [1.82, 2.24) is 9.29 Å². The van der Waals surface area contributed by atoms with Crippen LogP contribution in [0, 0.1) is 0 Å². The third-order valence-corrected chi connectivity index (χ3v) is 4.23. The first-order valence-electron chi connectivity index (χ1n) is 4.86. The van der Waals surface area contributed by atoms with Crippen molar-refractivity contribution in [3.05, 3.63) is 17.3 Å². The van der Waals surface area contributed by atoms with Crippen LogP contribution in [0.5, 0.6) is 0 Å². The summed E-state index contributed by atoms with van der Waals surface area (Å²) in [5.41, 5.74) is 0. The Morgan fingerprint density at radius 2 is 2.17 bits per heavy atom. The van der Waals surface area contributed by atoms with Crippen LogP contribution in [0.2, 0.25) is 5.02 Å². The number of hydrogen-bond donors (Lipinski definition) is 1. The molecule has 1 aromatic rings. The Morgan fingerprint density at radius 1 is 1.56 bits per heavy atom. The summed E-state index contributed by atoms with van der Waals surface area (Å²) in [7, 11) is -1.36. The molecule has 0 aliphatic rings. The smallest absolute Gasteiger partial charge is 0.252 e. The van der Waals surface area contributed by atoms with Crippen LogP contribution in [-0.2, 0) is 10.0 Å². The minimum absolute atomic E-state index is 0.101. The van der Waals surface area contributed by atoms with Crippen molar-refractivity contribution in [2.24, 2.45) is 0 Å². The van der Waals surface area contributed by atoms with Crippen LogP contribution in [-0.4, -0.2) is 44.8 Å². The van der Waals surface area contributed by atoms with Gasteiger partial charge in [-0.1, -0.05) is 11.6 Å². The molecule has 0 aliphatic heterocycles. The number of sulfonamides is 1. The molecule has 0 aromatic carbocycles. The number of rotatable bonds is 5. The van der Waals surface area contributed by atoms with Crippen molar-refractivity contribution in [3.63, 3.8) is 0 Å². The molecular formula is C9H12ClF2N3O2S. The topological polar surface area (TPSA) is 62.3 Å². The van der Waals surface area contributed by atoms with Gasteiger partial charge in [-0.2, -0.15) is 4.31 Å². The van der Waals surface area contributed by atoms with Crippen LogP contribution in [0.25, 0.3) is 0 Å². The second kappa shape index (κ2) is 5.77. The maximum absolute atomic E-state index is 12.2. The number of aromatic nitrogens is 1. The molecule has 0 radical (unpaired) electrons. The highest BCUT2D eigenvalue weighted by Crippen LogP contribution is 2.23. The second-order valence-electron chi connectivity index (χ2n) is 3.43. The number of nitrogens with one attached hydrogen (secondary N) is 1. The van der Waals surface area contributed by atoms with E-state index in [1.807, 2.05) is 0 Å². The van der Waals surface area contributed by atoms with E-state index in [-0.39, 0.29) is 9.92 Å². The molecule has 9 heteroatoms. The zero-order valence-corrected chi connectivity index (χ0v) is 11.3. The third kappa shape index (κ3) is 3.27. The van der Waals surface area contributed by atoms with Gasteiger partial charge in [-0.3, -0.25) is 0 Å². The van der Waals surface area contributed by atoms with Crippen LogP contribution >= 0.6 is 11.6 Å². The van der Waals surface area contributed by atoms with Crippen molar-refractivity contribution in [2.45, 2.75) is 11.3 Å². The fourth-order valence-electron chi connectivity index (χ4n) is 1.22. The number of hydrogen-bond acceptors (Lipinski definition) is 4. The van der Waals surface area contributed by atoms with Crippen molar-refractivity contribution in [3.8, 4) is 0 Å². The van der Waals surface area contributed by atoms with Crippen LogP contribution in [0.15, 0.2) is 17.2 Å². The summed E-state index contributed by atoms with van der Waals surface area (Å²) in [5.74, 6) is 0.312. The normalized spacial score (nSPS) is 12.2. The third-order valence-electron chi connectivity index (χ3n) is 2.16. The predicted octanol–water partition coefficient (Wildman–Crippen LogP) is 1.66. The molecule has 102 valence electrons. The zero-order valence-electron chi connectivity index (χ0n) is 9.69. The van der Waals surface area contributed by atoms with Crippen molar-refractivity contribution in [1.29, 1.82) is 0 Å². The summed E-state index contributed by atoms with van der Waals surface area (Å²) in [6, 6.07) is 1.16. The molecule has 0 spiro atoms. The molecule has 0 aliphatic carbocycles. The molecular weight excluding hydrogens is 288 g/mol. The van der Waals surface area contributed by atoms with Gasteiger partial charge in [-0.25, -0.2) is 22.2 Å². The summed E-state index contributed by atoms with van der Waals surface area (Å²) < 4.78 is 48.7. The molecule has 0 saturated heterocycles. The van der Waals surface area contributed by atoms with Crippen LogP contribution < -0.4 is 5.32 Å². The maximum atomic E-state index is 12.2. The lowest BCUT2D eigenvalue weighted by Gasteiger charge is -2.16. The van der Waals surface area contributed by atoms with E-state index < -0.39 is 23.0 Å². The highest BCUT2D eigenvalue weighted by molar-refractivity contribution is 7.89. The molecule has 0 atom stereocenters. The first-order valence-corrected chi connectivity index (χ1v) is 6.68. The van der Waals surface area contributed by atoms with Gasteiger partial charge >= 0.3 is 0 Å². The standard InChI is InChI=1S/C9H12ClF2N3O2S/c1-13-9-7(10)3-6(4-14-9)18(16,17)15(2)5-8(11)12/h3-4,8H,5H2,1-2H3,(H,13,14). The Balaban J connectivity index is 3.09. The molecule has 0 bridgehead atoms. The summed E-state index contributed by atoms with van der Waals surface area (Å²) in [6.07, 6.45) is -1.68. The molecule has 1 aromatic heterocycles. The van der Waals surface area contributed by atoms with E-state index in [0.29, 0.717) is 10.1 Å². The highest BCUT2D eigenvalue weighted by atomic mass is 35.5. The second-order valence-corrected chi connectivity index (χ2v) is 5.88. The average Bonchev–Trinajstić information content (AvgIpc) is 2.27. The van der Waals surface area contributed by atoms with Crippen LogP contribution in [0.4, 0.5) is 14.6 Å². The van der Waals surface area contributed by atoms with E-state index in [2.05, 4.69) is 10.3 Å². The van der Waals surface area contributed by atoms with Gasteiger partial charge in [-0.05, 0) is 6.07 Å². The fraction of sp³-hybridized carbons (Fsp3) is 0.444. The van der Waals surface area contributed by atoms with E-state index in [0.717, 1.165) is 19.3 Å². The largest absolute Gasteiger partial charge is 0.372 e. The van der Waals surface area contributed by atoms with Crippen LogP contribution in [0.1, 0.15) is 0 Å². The van der Waals surface area contributed by atoms with E-state index >= 15 is 0 Å². The quantitative estimate of drug-likeness (QED) is 0.898. The number of halogens is 3. The van der Waals surface area contributed by atoms with E-state index in [1.54, 1.807) is 7.05 Å². The Morgan fingerprint density at radius 3 is 2.61 bits per heavy atom. The van der Waals surface area contributed by atoms with E-state index in [4.69, 9.17) is 11.6 Å². The van der Waals surface area contributed by atoms with Crippen LogP contribution in [0.3, 0.4) is 0 Å². The monoisotopic (exact) mass is 299 g/mol. The van der Waals surface area contributed by atoms with E-state index in [9.17, 15) is 17.2 Å². The maximum Gasteiger partial charge on any atom is 0.252 e. The molecule has 1 heterocycles. The van der Waals surface area contributed by atoms with Crippen molar-refractivity contribution in [2.75, 3.05) is 26.0 Å². The van der Waals surface area contributed by atoms with Crippen molar-refractivity contribution < 1.29 is 17.2 Å². The summed E-state index contributed by atoms with van der Waals surface area (Å²) in [5, 5.41) is 2.76. The van der Waals surface area contributed by atoms with Gasteiger partial charge in [0.15, 0.2) is 0 Å². The summed E-state index contributed by atoms with van der Waals surface area (Å²) >= 11 is 5.79. The first-order chi connectivity index (χ1) is 8.28. The zero-order chi connectivity index (χ0) is 13.9. The van der Waals surface area contributed by atoms with Gasteiger partial charge in [0, 0.05) is 20.3 Å². The molecule has 18 heavy (non-hydrogen) atoms. The van der Waals surface area contributed by atoms with Gasteiger partial charge in [0.1, 0.15) is 10.7 Å². The lowest BCUT2D eigenvalue weighted by Crippen LogP contribution is -2.31. The van der Waals surface area contributed by atoms with E-state index in [1.165, 1.54) is 0 Å². The number of anilines is 1. The Bertz CT molecular complexity index is 525. The summed E-state index contributed by atoms with van der Waals surface area (Å²) in [6.45, 7) is -0.881. The predicted molar refractivity (Wildman–Crippen MR) is 64.6 cm³/mol. The molecule has 0 amide bonds. The Kier molecular flexibility index (Phi) is 4.83. The molecule has 0 fully saturated rings. The van der Waals surface area contributed by atoms with Crippen molar-refractivity contribution >= 4 is 27.4 Å². The Labute approximate surface area is 109 Å². The van der Waals surface area contributed by atoms with Gasteiger partial charge in [0.25, 0.3) is 6.43 Å². The molecule has 0 saturated carbocycles. The Hall–Kier alpha value is -0.990. The number of pyridine rings is 1. The molecule has 0 unspecified atom stereocenters. The first kappa shape index (κ1) is 15.1. The van der Waals surface area contributed by atoms with Gasteiger partial charge in [-0.15, -0.1) is 0 Å². The number of alkyl halides is 2. The average molecular weight is 300 g/mol. The molecule has 1 N–H and O–H groups in total. The molecule has 5 nitrogen and oxygen atoms in total. The minimum Gasteiger partial charge on any atom is -0.372 e. The minimum atomic E-state index is -4.00. The SMILES string of the molecule is CNc1ncc(S(=O)(=O)N(C)CC(F)F)cc1Cl. The molecule has 1 rings (SSSR count). The van der Waals surface area contributed by atoms with Gasteiger partial charge in [0.2, 0.25) is 10.0 Å². The summed E-state index contributed by atoms with van der Waals surface area (Å²) in [4.78, 5) is 3.56. The lowest BCUT2D eigenvalue weighted by atomic mass is 10.4. The lowest BCUT2D eigenvalue weighted by molar-refractivity contribution is 0.126. The number of nitrogens with zero attached hydrogens (tertiary/aromatic N) is 2. The van der Waals surface area contributed by atoms with Gasteiger partial charge < -0.3 is 5.32 Å². The van der Waals surface area contributed by atoms with Gasteiger partial charge in [0.05, 0.1) is 11.6 Å². The fourth-order valence-corrected chi connectivity index (χ4v) is 2.66. The highest BCUT2D eigenvalue weighted by Gasteiger charge is 2.24.